The van der Waals surface area contributed by atoms with Crippen molar-refractivity contribution in [2.45, 2.75) is 0 Å². The fraction of sp³-hybridized carbons (Fsp3) is 0. The van der Waals surface area contributed by atoms with Gasteiger partial charge in [0.1, 0.15) is 11.5 Å². The fourth-order valence-electron chi connectivity index (χ4n) is 2.82. The minimum absolute atomic E-state index is 0.209. The molecule has 0 fully saturated rings. The lowest BCUT2D eigenvalue weighted by Gasteiger charge is -2.06. The van der Waals surface area contributed by atoms with E-state index in [1.54, 1.807) is 48.5 Å². The average molecular weight is 398 g/mol. The molecule has 0 bridgehead atoms. The zero-order valence-corrected chi connectivity index (χ0v) is 15.9. The van der Waals surface area contributed by atoms with Crippen LogP contribution in [0.3, 0.4) is 0 Å². The molecule has 2 amide bonds. The van der Waals surface area contributed by atoms with Gasteiger partial charge in [0.15, 0.2) is 5.76 Å². The quantitative estimate of drug-likeness (QED) is 0.423. The molecule has 148 valence electrons. The van der Waals surface area contributed by atoms with Crippen molar-refractivity contribution in [3.05, 3.63) is 103 Å². The Bertz CT molecular complexity index is 1170. The number of carbonyl (C=O) groups excluding carboxylic acids is 2. The Morgan fingerprint density at radius 1 is 0.800 bits per heavy atom. The lowest BCUT2D eigenvalue weighted by Crippen LogP contribution is -2.12. The van der Waals surface area contributed by atoms with E-state index >= 15 is 0 Å². The molecule has 0 radical (unpaired) electrons. The predicted octanol–water partition coefficient (Wildman–Crippen LogP) is 5.44. The lowest BCUT2D eigenvalue weighted by molar-refractivity contribution is -0.111. The van der Waals surface area contributed by atoms with Gasteiger partial charge in [0, 0.05) is 23.0 Å². The lowest BCUT2D eigenvalue weighted by atomic mass is 10.2. The smallest absolute Gasteiger partial charge is 0.291 e. The highest BCUT2D eigenvalue weighted by Gasteiger charge is 2.09. The van der Waals surface area contributed by atoms with E-state index in [1.807, 2.05) is 36.4 Å². The number of hydrogen-bond donors (Lipinski definition) is 2. The summed E-state index contributed by atoms with van der Waals surface area (Å²) in [6, 6.07) is 23.4. The first-order chi connectivity index (χ1) is 14.7. The summed E-state index contributed by atoms with van der Waals surface area (Å²) in [4.78, 5) is 24.3. The normalized spacial score (nSPS) is 10.8. The molecule has 2 aromatic carbocycles. The minimum Gasteiger partial charge on any atom is -0.459 e. The van der Waals surface area contributed by atoms with Gasteiger partial charge in [-0.25, -0.2) is 0 Å². The third-order valence-corrected chi connectivity index (χ3v) is 4.22. The van der Waals surface area contributed by atoms with Gasteiger partial charge >= 0.3 is 0 Å². The second-order valence-corrected chi connectivity index (χ2v) is 6.40. The summed E-state index contributed by atoms with van der Waals surface area (Å²) in [5.74, 6) is 0.831. The zero-order chi connectivity index (χ0) is 20.8. The minimum atomic E-state index is -0.365. The Balaban J connectivity index is 1.37. The molecule has 0 saturated carbocycles. The number of furan rings is 2. The van der Waals surface area contributed by atoms with Crippen LogP contribution in [-0.2, 0) is 4.79 Å². The summed E-state index contributed by atoms with van der Waals surface area (Å²) in [6.45, 7) is 0. The van der Waals surface area contributed by atoms with Crippen molar-refractivity contribution in [1.82, 2.24) is 0 Å². The maximum atomic E-state index is 12.2. The maximum absolute atomic E-state index is 12.2. The zero-order valence-electron chi connectivity index (χ0n) is 15.9. The van der Waals surface area contributed by atoms with Crippen LogP contribution in [0.4, 0.5) is 11.4 Å². The van der Waals surface area contributed by atoms with Crippen LogP contribution in [0.5, 0.6) is 0 Å². The van der Waals surface area contributed by atoms with Crippen molar-refractivity contribution in [3.8, 4) is 11.3 Å². The molecule has 2 heterocycles. The van der Waals surface area contributed by atoms with Gasteiger partial charge in [0.05, 0.1) is 6.26 Å². The second kappa shape index (κ2) is 8.79. The molecule has 30 heavy (non-hydrogen) atoms. The number of benzene rings is 2. The van der Waals surface area contributed by atoms with Gasteiger partial charge in [-0.15, -0.1) is 0 Å². The van der Waals surface area contributed by atoms with Crippen LogP contribution < -0.4 is 10.6 Å². The number of anilines is 2. The van der Waals surface area contributed by atoms with E-state index in [0.717, 1.165) is 11.3 Å². The largest absolute Gasteiger partial charge is 0.459 e. The Kier molecular flexibility index (Phi) is 5.57. The van der Waals surface area contributed by atoms with Crippen molar-refractivity contribution in [1.29, 1.82) is 0 Å². The molecule has 6 heteroatoms. The highest BCUT2D eigenvalue weighted by atomic mass is 16.3. The van der Waals surface area contributed by atoms with Crippen LogP contribution in [0.15, 0.2) is 100 Å². The first-order valence-corrected chi connectivity index (χ1v) is 9.27. The van der Waals surface area contributed by atoms with Gasteiger partial charge in [-0.1, -0.05) is 36.4 Å². The third kappa shape index (κ3) is 4.74. The van der Waals surface area contributed by atoms with E-state index in [1.165, 1.54) is 12.3 Å². The fourth-order valence-corrected chi connectivity index (χ4v) is 2.82. The van der Waals surface area contributed by atoms with E-state index in [9.17, 15) is 9.59 Å². The van der Waals surface area contributed by atoms with Crippen LogP contribution in [0.2, 0.25) is 0 Å². The van der Waals surface area contributed by atoms with Gasteiger partial charge in [-0.2, -0.15) is 0 Å². The summed E-state index contributed by atoms with van der Waals surface area (Å²) < 4.78 is 10.8. The van der Waals surface area contributed by atoms with E-state index in [4.69, 9.17) is 8.83 Å². The molecule has 0 aliphatic heterocycles. The molecule has 0 aliphatic rings. The molecular weight excluding hydrogens is 380 g/mol. The van der Waals surface area contributed by atoms with E-state index in [2.05, 4.69) is 10.6 Å². The topological polar surface area (TPSA) is 84.5 Å². The Labute approximate surface area is 172 Å². The highest BCUT2D eigenvalue weighted by Crippen LogP contribution is 2.22. The molecular formula is C24H18N2O4. The van der Waals surface area contributed by atoms with Crippen molar-refractivity contribution in [3.63, 3.8) is 0 Å². The number of amides is 2. The summed E-state index contributed by atoms with van der Waals surface area (Å²) in [6.07, 6.45) is 4.42. The summed E-state index contributed by atoms with van der Waals surface area (Å²) in [5.41, 5.74) is 2.05. The standard InChI is InChI=1S/C24H18N2O4/c27-23(14-12-20-11-13-21(30-20)17-6-2-1-3-7-17)25-18-8-4-9-19(16-18)26-24(28)22-10-5-15-29-22/h1-16H,(H,25,27)(H,26,28)/b14-12+. The second-order valence-electron chi connectivity index (χ2n) is 6.40. The van der Waals surface area contributed by atoms with Gasteiger partial charge in [-0.3, -0.25) is 9.59 Å². The molecule has 2 N–H and O–H groups in total. The van der Waals surface area contributed by atoms with Crippen molar-refractivity contribution in [2.75, 3.05) is 10.6 Å². The maximum Gasteiger partial charge on any atom is 0.291 e. The molecule has 0 unspecified atom stereocenters. The predicted molar refractivity (Wildman–Crippen MR) is 115 cm³/mol. The van der Waals surface area contributed by atoms with Crippen LogP contribution in [-0.4, -0.2) is 11.8 Å². The highest BCUT2D eigenvalue weighted by molar-refractivity contribution is 6.04. The van der Waals surface area contributed by atoms with Crippen molar-refractivity contribution >= 4 is 29.3 Å². The summed E-state index contributed by atoms with van der Waals surface area (Å²) >= 11 is 0. The monoisotopic (exact) mass is 398 g/mol. The number of carbonyl (C=O) groups is 2. The Morgan fingerprint density at radius 2 is 1.60 bits per heavy atom. The summed E-state index contributed by atoms with van der Waals surface area (Å²) in [5, 5.41) is 5.47. The Hall–Kier alpha value is -4.32. The van der Waals surface area contributed by atoms with Crippen molar-refractivity contribution in [2.24, 2.45) is 0 Å². The molecule has 0 spiro atoms. The van der Waals surface area contributed by atoms with Gasteiger partial charge in [0.2, 0.25) is 5.91 Å². The van der Waals surface area contributed by atoms with Crippen LogP contribution in [0.25, 0.3) is 17.4 Å². The molecule has 6 nitrogen and oxygen atoms in total. The number of nitrogens with one attached hydrogen (secondary N) is 2. The Morgan fingerprint density at radius 3 is 2.37 bits per heavy atom. The number of hydrogen-bond acceptors (Lipinski definition) is 4. The van der Waals surface area contributed by atoms with Crippen LogP contribution in [0.1, 0.15) is 16.3 Å². The van der Waals surface area contributed by atoms with E-state index in [-0.39, 0.29) is 17.6 Å². The SMILES string of the molecule is O=C(/C=C/c1ccc(-c2ccccc2)o1)Nc1cccc(NC(=O)c2ccco2)c1. The summed E-state index contributed by atoms with van der Waals surface area (Å²) in [7, 11) is 0. The van der Waals surface area contributed by atoms with E-state index < -0.39 is 0 Å². The van der Waals surface area contributed by atoms with Gasteiger partial charge < -0.3 is 19.5 Å². The molecule has 0 atom stereocenters. The number of rotatable bonds is 6. The molecule has 0 saturated heterocycles. The average Bonchev–Trinajstić information content (AvgIpc) is 3.46. The molecule has 4 aromatic rings. The van der Waals surface area contributed by atoms with E-state index in [0.29, 0.717) is 17.1 Å². The van der Waals surface area contributed by atoms with Gasteiger partial charge in [0.25, 0.3) is 5.91 Å². The molecule has 4 rings (SSSR count). The molecule has 2 aromatic heterocycles. The first-order valence-electron chi connectivity index (χ1n) is 9.27. The van der Waals surface area contributed by atoms with Crippen molar-refractivity contribution < 1.29 is 18.4 Å². The first kappa shape index (κ1) is 19.0. The van der Waals surface area contributed by atoms with Crippen LogP contribution in [0, 0.1) is 0 Å². The van der Waals surface area contributed by atoms with Crippen LogP contribution >= 0.6 is 0 Å². The van der Waals surface area contributed by atoms with Gasteiger partial charge in [-0.05, 0) is 48.5 Å². The third-order valence-electron chi connectivity index (χ3n) is 4.22. The molecule has 0 aliphatic carbocycles.